The number of nitrogens with zero attached hydrogens (tertiary/aromatic N) is 2. The van der Waals surface area contributed by atoms with Crippen LogP contribution in [0.3, 0.4) is 0 Å². The van der Waals surface area contributed by atoms with Gasteiger partial charge in [0.15, 0.2) is 8.68 Å². The second-order valence-corrected chi connectivity index (χ2v) is 7.77. The number of rotatable bonds is 7. The van der Waals surface area contributed by atoms with Gasteiger partial charge in [-0.25, -0.2) is 0 Å². The van der Waals surface area contributed by atoms with Crippen molar-refractivity contribution in [2.75, 3.05) is 13.3 Å². The van der Waals surface area contributed by atoms with Crippen LogP contribution in [-0.4, -0.2) is 45.4 Å². The number of aromatic nitrogens is 2. The van der Waals surface area contributed by atoms with Crippen molar-refractivity contribution in [3.05, 3.63) is 0 Å². The van der Waals surface area contributed by atoms with Crippen LogP contribution in [0.5, 0.6) is 0 Å². The summed E-state index contributed by atoms with van der Waals surface area (Å²) in [6.07, 6.45) is 2.48. The molecule has 0 bridgehead atoms. The number of likely N-dealkylation sites (N-methyl/N-ethyl adjacent to an activating group) is 1. The minimum atomic E-state index is -0.903. The summed E-state index contributed by atoms with van der Waals surface area (Å²) in [7, 11) is 1.67. The molecule has 0 radical (unpaired) electrons. The van der Waals surface area contributed by atoms with Gasteiger partial charge >= 0.3 is 5.97 Å². The summed E-state index contributed by atoms with van der Waals surface area (Å²) in [6, 6.07) is 0. The average Bonchev–Trinajstić information content (AvgIpc) is 2.76. The first-order valence-electron chi connectivity index (χ1n) is 5.37. The van der Waals surface area contributed by atoms with E-state index in [-0.39, 0.29) is 5.25 Å². The van der Waals surface area contributed by atoms with Gasteiger partial charge in [-0.15, -0.1) is 10.2 Å². The predicted octanol–water partition coefficient (Wildman–Crippen LogP) is 2.19. The third kappa shape index (κ3) is 4.11. The van der Waals surface area contributed by atoms with Gasteiger partial charge < -0.3 is 10.4 Å². The zero-order valence-corrected chi connectivity index (χ0v) is 13.2. The second kappa shape index (κ2) is 6.74. The van der Waals surface area contributed by atoms with Gasteiger partial charge in [-0.2, -0.15) is 0 Å². The van der Waals surface area contributed by atoms with Crippen LogP contribution in [0.25, 0.3) is 0 Å². The average molecular weight is 307 g/mol. The first kappa shape index (κ1) is 15.7. The quantitative estimate of drug-likeness (QED) is 0.748. The van der Waals surface area contributed by atoms with Crippen molar-refractivity contribution in [3.63, 3.8) is 0 Å². The maximum atomic E-state index is 11.2. The van der Waals surface area contributed by atoms with Crippen molar-refractivity contribution in [3.8, 4) is 0 Å². The van der Waals surface area contributed by atoms with E-state index < -0.39 is 11.5 Å². The monoisotopic (exact) mass is 307 g/mol. The van der Waals surface area contributed by atoms with Crippen molar-refractivity contribution < 1.29 is 9.90 Å². The maximum Gasteiger partial charge on any atom is 0.323 e. The summed E-state index contributed by atoms with van der Waals surface area (Å²) in [6.45, 7) is 3.70. The molecule has 1 aromatic rings. The molecule has 0 aliphatic heterocycles. The molecule has 1 heterocycles. The van der Waals surface area contributed by atoms with E-state index in [1.54, 1.807) is 37.5 Å². The van der Waals surface area contributed by atoms with Gasteiger partial charge in [-0.3, -0.25) is 4.79 Å². The van der Waals surface area contributed by atoms with Crippen LogP contribution < -0.4 is 5.32 Å². The fraction of sp³-hybridized carbons (Fsp3) is 0.700. The minimum absolute atomic E-state index is 0.154. The van der Waals surface area contributed by atoms with Gasteiger partial charge in [0.1, 0.15) is 5.54 Å². The lowest BCUT2D eigenvalue weighted by Gasteiger charge is -2.26. The van der Waals surface area contributed by atoms with Gasteiger partial charge in [0.05, 0.1) is 0 Å². The number of aliphatic carboxylic acids is 1. The summed E-state index contributed by atoms with van der Waals surface area (Å²) in [5.41, 5.74) is -0.903. The van der Waals surface area contributed by atoms with E-state index in [0.29, 0.717) is 6.42 Å². The van der Waals surface area contributed by atoms with Gasteiger partial charge in [0.25, 0.3) is 0 Å². The maximum absolute atomic E-state index is 11.2. The molecule has 0 fully saturated rings. The van der Waals surface area contributed by atoms with Crippen LogP contribution in [0.4, 0.5) is 0 Å². The lowest BCUT2D eigenvalue weighted by atomic mass is 9.97. The second-order valence-electron chi connectivity index (χ2n) is 4.06. The number of carboxylic acid groups (broad SMARTS) is 1. The first-order valence-corrected chi connectivity index (χ1v) is 8.30. The third-order valence-electron chi connectivity index (χ3n) is 2.58. The Morgan fingerprint density at radius 3 is 2.61 bits per heavy atom. The molecule has 18 heavy (non-hydrogen) atoms. The molecule has 0 aliphatic rings. The van der Waals surface area contributed by atoms with Gasteiger partial charge in [-0.1, -0.05) is 41.8 Å². The highest BCUT2D eigenvalue weighted by molar-refractivity contribution is 8.03. The standard InChI is InChI=1S/C10H17N3O2S3/c1-6(5-10(2,11-3)7(14)15)17-9-13-12-8(16-4)18-9/h6,11H,5H2,1-4H3,(H,14,15). The zero-order valence-electron chi connectivity index (χ0n) is 10.8. The molecule has 0 aliphatic carbocycles. The lowest BCUT2D eigenvalue weighted by Crippen LogP contribution is -2.49. The molecule has 1 aromatic heterocycles. The Morgan fingerprint density at radius 1 is 1.56 bits per heavy atom. The van der Waals surface area contributed by atoms with E-state index in [4.69, 9.17) is 0 Å². The Kier molecular flexibility index (Phi) is 5.90. The van der Waals surface area contributed by atoms with Gasteiger partial charge in [-0.05, 0) is 26.6 Å². The number of carboxylic acids is 1. The first-order chi connectivity index (χ1) is 8.41. The molecular formula is C10H17N3O2S3. The molecule has 0 amide bonds. The van der Waals surface area contributed by atoms with E-state index in [0.717, 1.165) is 8.68 Å². The third-order valence-corrected chi connectivity index (χ3v) is 5.67. The fourth-order valence-corrected chi connectivity index (χ4v) is 4.35. The Morgan fingerprint density at radius 2 is 2.17 bits per heavy atom. The Hall–Kier alpha value is -0.310. The van der Waals surface area contributed by atoms with E-state index in [1.165, 1.54) is 11.3 Å². The summed E-state index contributed by atoms with van der Waals surface area (Å²) in [4.78, 5) is 11.2. The highest BCUT2D eigenvalue weighted by Crippen LogP contribution is 2.33. The number of hydrogen-bond acceptors (Lipinski definition) is 7. The van der Waals surface area contributed by atoms with Gasteiger partial charge in [0, 0.05) is 5.25 Å². The topological polar surface area (TPSA) is 75.1 Å². The van der Waals surface area contributed by atoms with Crippen LogP contribution in [-0.2, 0) is 4.79 Å². The van der Waals surface area contributed by atoms with E-state index in [1.807, 2.05) is 13.2 Å². The Bertz CT molecular complexity index is 413. The van der Waals surface area contributed by atoms with Crippen LogP contribution in [0, 0.1) is 0 Å². The number of hydrogen-bond donors (Lipinski definition) is 2. The molecule has 2 N–H and O–H groups in total. The van der Waals surface area contributed by atoms with Crippen molar-refractivity contribution in [2.24, 2.45) is 0 Å². The molecule has 2 atom stereocenters. The molecule has 0 spiro atoms. The molecule has 8 heteroatoms. The molecule has 1 rings (SSSR count). The molecule has 102 valence electrons. The number of carbonyl (C=O) groups is 1. The van der Waals surface area contributed by atoms with Crippen LogP contribution >= 0.6 is 34.9 Å². The molecule has 0 saturated heterocycles. The Balaban J connectivity index is 2.60. The van der Waals surface area contributed by atoms with E-state index >= 15 is 0 Å². The smallest absolute Gasteiger partial charge is 0.323 e. The molecular weight excluding hydrogens is 290 g/mol. The molecule has 2 unspecified atom stereocenters. The molecule has 0 saturated carbocycles. The zero-order chi connectivity index (χ0) is 13.8. The normalized spacial score (nSPS) is 16.2. The highest BCUT2D eigenvalue weighted by Gasteiger charge is 2.33. The van der Waals surface area contributed by atoms with Gasteiger partial charge in [0.2, 0.25) is 0 Å². The summed E-state index contributed by atoms with van der Waals surface area (Å²) in [5, 5.41) is 20.3. The SMILES string of the molecule is CNC(C)(CC(C)Sc1nnc(SC)s1)C(=O)O. The van der Waals surface area contributed by atoms with Crippen LogP contribution in [0.2, 0.25) is 0 Å². The van der Waals surface area contributed by atoms with Crippen molar-refractivity contribution in [1.82, 2.24) is 15.5 Å². The fourth-order valence-electron chi connectivity index (χ4n) is 1.41. The largest absolute Gasteiger partial charge is 0.480 e. The lowest BCUT2D eigenvalue weighted by molar-refractivity contribution is -0.144. The molecule has 5 nitrogen and oxygen atoms in total. The minimum Gasteiger partial charge on any atom is -0.480 e. The number of thioether (sulfide) groups is 2. The van der Waals surface area contributed by atoms with E-state index in [2.05, 4.69) is 15.5 Å². The summed E-state index contributed by atoms with van der Waals surface area (Å²) < 4.78 is 1.81. The highest BCUT2D eigenvalue weighted by atomic mass is 32.2. The number of nitrogens with one attached hydrogen (secondary N) is 1. The van der Waals surface area contributed by atoms with Crippen LogP contribution in [0.15, 0.2) is 8.68 Å². The predicted molar refractivity (Wildman–Crippen MR) is 76.7 cm³/mol. The van der Waals surface area contributed by atoms with E-state index in [9.17, 15) is 9.90 Å². The summed E-state index contributed by atoms with van der Waals surface area (Å²) >= 11 is 4.67. The van der Waals surface area contributed by atoms with Crippen LogP contribution in [0.1, 0.15) is 20.3 Å². The van der Waals surface area contributed by atoms with Crippen molar-refractivity contribution in [2.45, 2.75) is 39.7 Å². The van der Waals surface area contributed by atoms with Crippen molar-refractivity contribution >= 4 is 40.8 Å². The molecule has 0 aromatic carbocycles. The van der Waals surface area contributed by atoms with Crippen molar-refractivity contribution in [1.29, 1.82) is 0 Å². The Labute approximate surface area is 119 Å². The summed E-state index contributed by atoms with van der Waals surface area (Å²) in [5.74, 6) is -0.834.